The van der Waals surface area contributed by atoms with Crippen LogP contribution in [0.4, 0.5) is 8.78 Å². The van der Waals surface area contributed by atoms with Gasteiger partial charge in [0.2, 0.25) is 0 Å². The minimum absolute atomic E-state index is 0.0410. The third-order valence-corrected chi connectivity index (χ3v) is 2.91. The van der Waals surface area contributed by atoms with Crippen LogP contribution in [0, 0.1) is 11.6 Å². The molecule has 0 spiro atoms. The molecule has 112 valence electrons. The van der Waals surface area contributed by atoms with Crippen molar-refractivity contribution in [1.29, 1.82) is 0 Å². The van der Waals surface area contributed by atoms with Crippen molar-refractivity contribution >= 4 is 5.97 Å². The normalized spacial score (nSPS) is 15.4. The maximum Gasteiger partial charge on any atom is 0.323 e. The first-order valence-corrected chi connectivity index (χ1v) is 6.38. The lowest BCUT2D eigenvalue weighted by atomic mass is 9.95. The second-order valence-electron chi connectivity index (χ2n) is 4.91. The summed E-state index contributed by atoms with van der Waals surface area (Å²) >= 11 is 0. The molecule has 0 aliphatic heterocycles. The first-order valence-electron chi connectivity index (χ1n) is 6.38. The molecule has 0 bridgehead atoms. The van der Waals surface area contributed by atoms with Gasteiger partial charge >= 0.3 is 5.97 Å². The van der Waals surface area contributed by atoms with E-state index in [-0.39, 0.29) is 12.2 Å². The third-order valence-electron chi connectivity index (χ3n) is 2.91. The summed E-state index contributed by atoms with van der Waals surface area (Å²) in [6.07, 6.45) is -0.356. The Balaban J connectivity index is 2.75. The number of carboxylic acid groups (broad SMARTS) is 1. The molecule has 0 heterocycles. The molecule has 0 aliphatic carbocycles. The molecule has 0 fully saturated rings. The fourth-order valence-electron chi connectivity index (χ4n) is 2.07. The molecule has 0 aliphatic rings. The molecule has 0 aromatic heterocycles. The monoisotopic (exact) mass is 287 g/mol. The highest BCUT2D eigenvalue weighted by molar-refractivity contribution is 5.78. The summed E-state index contributed by atoms with van der Waals surface area (Å²) in [5.74, 6) is -2.43. The number of carbonyl (C=O) groups is 1. The Bertz CT molecular complexity index is 461. The lowest BCUT2D eigenvalue weighted by molar-refractivity contribution is -0.145. The Labute approximate surface area is 116 Å². The summed E-state index contributed by atoms with van der Waals surface area (Å²) in [6.45, 7) is 5.49. The number of benzene rings is 1. The zero-order valence-corrected chi connectivity index (χ0v) is 11.7. The summed E-state index contributed by atoms with van der Waals surface area (Å²) in [5, 5.41) is 12.1. The second kappa shape index (κ2) is 6.65. The zero-order valence-electron chi connectivity index (χ0n) is 11.7. The van der Waals surface area contributed by atoms with Gasteiger partial charge in [-0.1, -0.05) is 6.92 Å². The maximum atomic E-state index is 13.0. The highest BCUT2D eigenvalue weighted by Gasteiger charge is 2.34. The van der Waals surface area contributed by atoms with Crippen molar-refractivity contribution in [2.24, 2.45) is 0 Å². The molecular weight excluding hydrogens is 268 g/mol. The number of nitrogens with one attached hydrogen (secondary N) is 1. The Morgan fingerprint density at radius 1 is 1.40 bits per heavy atom. The van der Waals surface area contributed by atoms with Gasteiger partial charge in [-0.25, -0.2) is 8.78 Å². The summed E-state index contributed by atoms with van der Waals surface area (Å²) in [6, 6.07) is 2.87. The van der Waals surface area contributed by atoms with Crippen LogP contribution in [0.2, 0.25) is 0 Å². The fraction of sp³-hybridized carbons (Fsp3) is 0.500. The average Bonchev–Trinajstić information content (AvgIpc) is 2.26. The maximum absolute atomic E-state index is 13.0. The van der Waals surface area contributed by atoms with Gasteiger partial charge in [0.1, 0.15) is 22.9 Å². The number of halogens is 2. The molecule has 4 nitrogen and oxygen atoms in total. The molecule has 0 amide bonds. The number of aliphatic carboxylic acids is 1. The van der Waals surface area contributed by atoms with Crippen molar-refractivity contribution in [2.45, 2.75) is 38.8 Å². The smallest absolute Gasteiger partial charge is 0.323 e. The van der Waals surface area contributed by atoms with E-state index in [0.717, 1.165) is 18.2 Å². The minimum atomic E-state index is -1.15. The van der Waals surface area contributed by atoms with Gasteiger partial charge in [-0.2, -0.15) is 0 Å². The van der Waals surface area contributed by atoms with Gasteiger partial charge in [0, 0.05) is 24.6 Å². The van der Waals surface area contributed by atoms with Crippen molar-refractivity contribution in [3.8, 4) is 5.75 Å². The van der Waals surface area contributed by atoms with Gasteiger partial charge in [-0.05, 0) is 20.4 Å². The first kappa shape index (κ1) is 16.4. The molecule has 2 unspecified atom stereocenters. The van der Waals surface area contributed by atoms with E-state index in [1.54, 1.807) is 20.8 Å². The molecular formula is C14H19F2NO3. The number of ether oxygens (including phenoxy) is 1. The van der Waals surface area contributed by atoms with Crippen LogP contribution in [-0.4, -0.2) is 29.3 Å². The van der Waals surface area contributed by atoms with Gasteiger partial charge in [0.15, 0.2) is 0 Å². The van der Waals surface area contributed by atoms with Crippen molar-refractivity contribution in [3.63, 3.8) is 0 Å². The van der Waals surface area contributed by atoms with E-state index >= 15 is 0 Å². The van der Waals surface area contributed by atoms with E-state index in [1.165, 1.54) is 0 Å². The number of rotatable bonds is 7. The predicted molar refractivity (Wildman–Crippen MR) is 70.8 cm³/mol. The number of hydrogen-bond acceptors (Lipinski definition) is 3. The summed E-state index contributed by atoms with van der Waals surface area (Å²) in [5.41, 5.74) is -1.15. The Hall–Kier alpha value is -1.69. The standard InChI is InChI=1S/C14H19F2NO3/c1-4-17-14(3,13(18)19)8-9(2)20-12-6-10(15)5-11(16)7-12/h5-7,9,17H,4,8H2,1-3H3,(H,18,19). The summed E-state index contributed by atoms with van der Waals surface area (Å²) in [4.78, 5) is 11.3. The number of carboxylic acids is 1. The number of likely N-dealkylation sites (N-methyl/N-ethyl adjacent to an activating group) is 1. The van der Waals surface area contributed by atoms with Crippen molar-refractivity contribution in [2.75, 3.05) is 6.54 Å². The minimum Gasteiger partial charge on any atom is -0.490 e. The summed E-state index contributed by atoms with van der Waals surface area (Å²) in [7, 11) is 0. The van der Waals surface area contributed by atoms with E-state index in [1.807, 2.05) is 0 Å². The quantitative estimate of drug-likeness (QED) is 0.809. The van der Waals surface area contributed by atoms with Crippen molar-refractivity contribution in [1.82, 2.24) is 5.32 Å². The van der Waals surface area contributed by atoms with E-state index < -0.39 is 29.2 Å². The highest BCUT2D eigenvalue weighted by Crippen LogP contribution is 2.21. The first-order chi connectivity index (χ1) is 9.26. The van der Waals surface area contributed by atoms with Gasteiger partial charge < -0.3 is 15.2 Å². The Morgan fingerprint density at radius 2 is 1.95 bits per heavy atom. The molecule has 20 heavy (non-hydrogen) atoms. The lowest BCUT2D eigenvalue weighted by Gasteiger charge is -2.29. The molecule has 1 rings (SSSR count). The van der Waals surface area contributed by atoms with Crippen LogP contribution < -0.4 is 10.1 Å². The zero-order chi connectivity index (χ0) is 15.3. The largest absolute Gasteiger partial charge is 0.490 e. The third kappa shape index (κ3) is 4.45. The van der Waals surface area contributed by atoms with E-state index in [4.69, 9.17) is 4.74 Å². The van der Waals surface area contributed by atoms with E-state index in [9.17, 15) is 18.7 Å². The van der Waals surface area contributed by atoms with Gasteiger partial charge in [-0.3, -0.25) is 4.79 Å². The Kier molecular flexibility index (Phi) is 5.44. The van der Waals surface area contributed by atoms with Crippen molar-refractivity contribution < 1.29 is 23.4 Å². The van der Waals surface area contributed by atoms with Gasteiger partial charge in [-0.15, -0.1) is 0 Å². The molecule has 1 aromatic rings. The van der Waals surface area contributed by atoms with Crippen LogP contribution in [-0.2, 0) is 4.79 Å². The molecule has 0 radical (unpaired) electrons. The fourth-order valence-corrected chi connectivity index (χ4v) is 2.07. The average molecular weight is 287 g/mol. The van der Waals surface area contributed by atoms with Crippen molar-refractivity contribution in [3.05, 3.63) is 29.8 Å². The topological polar surface area (TPSA) is 58.6 Å². The van der Waals surface area contributed by atoms with Crippen LogP contribution in [0.5, 0.6) is 5.75 Å². The second-order valence-corrected chi connectivity index (χ2v) is 4.91. The molecule has 0 saturated heterocycles. The predicted octanol–water partition coefficient (Wildman–Crippen LogP) is 2.58. The van der Waals surface area contributed by atoms with E-state index in [2.05, 4.69) is 5.32 Å². The van der Waals surface area contributed by atoms with Gasteiger partial charge in [0.25, 0.3) is 0 Å². The molecule has 2 atom stereocenters. The molecule has 0 saturated carbocycles. The van der Waals surface area contributed by atoms with E-state index in [0.29, 0.717) is 6.54 Å². The highest BCUT2D eigenvalue weighted by atomic mass is 19.1. The van der Waals surface area contributed by atoms with Crippen LogP contribution in [0.1, 0.15) is 27.2 Å². The van der Waals surface area contributed by atoms with Crippen LogP contribution in [0.3, 0.4) is 0 Å². The summed E-state index contributed by atoms with van der Waals surface area (Å²) < 4.78 is 31.5. The van der Waals surface area contributed by atoms with Crippen LogP contribution in [0.15, 0.2) is 18.2 Å². The number of hydrogen-bond donors (Lipinski definition) is 2. The molecule has 6 heteroatoms. The molecule has 2 N–H and O–H groups in total. The molecule has 1 aromatic carbocycles. The van der Waals surface area contributed by atoms with Crippen LogP contribution in [0.25, 0.3) is 0 Å². The lowest BCUT2D eigenvalue weighted by Crippen LogP contribution is -2.51. The Morgan fingerprint density at radius 3 is 2.40 bits per heavy atom. The van der Waals surface area contributed by atoms with Crippen LogP contribution >= 0.6 is 0 Å². The SMILES string of the molecule is CCNC(C)(CC(C)Oc1cc(F)cc(F)c1)C(=O)O. The van der Waals surface area contributed by atoms with Gasteiger partial charge in [0.05, 0.1) is 6.10 Å².